The van der Waals surface area contributed by atoms with Crippen molar-refractivity contribution in [2.45, 2.75) is 45.7 Å². The molecular weight excluding hydrogens is 494 g/mol. The van der Waals surface area contributed by atoms with Gasteiger partial charge in [-0.25, -0.2) is 8.78 Å². The van der Waals surface area contributed by atoms with Crippen LogP contribution in [0.3, 0.4) is 0 Å². The molecule has 0 unspecified atom stereocenters. The van der Waals surface area contributed by atoms with E-state index in [1.165, 1.54) is 18.2 Å². The third kappa shape index (κ3) is 4.60. The number of hydrogen-bond acceptors (Lipinski definition) is 2. The molecule has 2 aliphatic rings. The number of nitrogens with zero attached hydrogens (tertiary/aromatic N) is 3. The Kier molecular flexibility index (Phi) is 6.25. The van der Waals surface area contributed by atoms with E-state index in [1.54, 1.807) is 17.6 Å². The third-order valence-corrected chi connectivity index (χ3v) is 8.24. The first kappa shape index (κ1) is 25.3. The molecule has 200 valence electrons. The number of amides is 1. The highest BCUT2D eigenvalue weighted by Gasteiger charge is 2.41. The number of halogens is 2. The maximum atomic E-state index is 14.3. The number of imidazole rings is 1. The summed E-state index contributed by atoms with van der Waals surface area (Å²) in [4.78, 5) is 16.2. The summed E-state index contributed by atoms with van der Waals surface area (Å²) >= 11 is 0. The van der Waals surface area contributed by atoms with Crippen molar-refractivity contribution in [2.24, 2.45) is 13.0 Å². The maximum absolute atomic E-state index is 14.3. The molecule has 0 bridgehead atoms. The topological polar surface area (TPSA) is 54.0 Å². The number of rotatable bonds is 6. The van der Waals surface area contributed by atoms with Crippen LogP contribution < -0.4 is 5.62 Å². The number of benzene rings is 3. The van der Waals surface area contributed by atoms with Crippen molar-refractivity contribution in [1.82, 2.24) is 14.0 Å². The van der Waals surface area contributed by atoms with Gasteiger partial charge >= 0.3 is 0 Å². The molecule has 0 radical (unpaired) electrons. The lowest BCUT2D eigenvalue weighted by Crippen LogP contribution is -2.41. The summed E-state index contributed by atoms with van der Waals surface area (Å²) in [6.07, 6.45) is 6.48. The van der Waals surface area contributed by atoms with Crippen molar-refractivity contribution in [2.75, 3.05) is 6.54 Å². The van der Waals surface area contributed by atoms with Gasteiger partial charge in [-0.05, 0) is 108 Å². The number of carbonyl (C=O) groups excluding carboxylic acids is 1. The van der Waals surface area contributed by atoms with Crippen molar-refractivity contribution in [1.29, 1.82) is 5.41 Å². The van der Waals surface area contributed by atoms with Crippen LogP contribution in [-0.4, -0.2) is 26.5 Å². The van der Waals surface area contributed by atoms with Crippen LogP contribution in [0.4, 0.5) is 8.78 Å². The number of carbonyl (C=O) groups is 1. The van der Waals surface area contributed by atoms with Gasteiger partial charge in [-0.1, -0.05) is 18.2 Å². The summed E-state index contributed by atoms with van der Waals surface area (Å²) in [6, 6.07) is 14.0. The lowest BCUT2D eigenvalue weighted by molar-refractivity contribution is 0.0632. The number of fused-ring (bicyclic) bond motifs is 1. The molecule has 2 heterocycles. The fourth-order valence-electron chi connectivity index (χ4n) is 6.03. The first-order valence-electron chi connectivity index (χ1n) is 13.5. The minimum absolute atomic E-state index is 0.0258. The van der Waals surface area contributed by atoms with Crippen LogP contribution in [0, 0.1) is 36.8 Å². The Morgan fingerprint density at radius 1 is 0.949 bits per heavy atom. The van der Waals surface area contributed by atoms with Crippen LogP contribution in [0.15, 0.2) is 60.9 Å². The van der Waals surface area contributed by atoms with Crippen molar-refractivity contribution < 1.29 is 13.6 Å². The summed E-state index contributed by atoms with van der Waals surface area (Å²) in [6.45, 7) is 4.67. The van der Waals surface area contributed by atoms with Crippen molar-refractivity contribution in [3.8, 4) is 11.1 Å². The highest BCUT2D eigenvalue weighted by atomic mass is 19.1. The van der Waals surface area contributed by atoms with Crippen LogP contribution in [0.5, 0.6) is 0 Å². The van der Waals surface area contributed by atoms with Crippen molar-refractivity contribution in [3.05, 3.63) is 112 Å². The first-order chi connectivity index (χ1) is 18.7. The third-order valence-electron chi connectivity index (χ3n) is 8.24. The Labute approximate surface area is 226 Å². The zero-order valence-corrected chi connectivity index (χ0v) is 22.5. The van der Waals surface area contributed by atoms with Gasteiger partial charge in [-0.2, -0.15) is 0 Å². The van der Waals surface area contributed by atoms with Gasteiger partial charge in [0, 0.05) is 31.5 Å². The molecule has 3 aromatic carbocycles. The Hall–Kier alpha value is -4.00. The summed E-state index contributed by atoms with van der Waals surface area (Å²) in [5.41, 5.74) is 7.14. The summed E-state index contributed by atoms with van der Waals surface area (Å²) in [5, 5.41) is 8.38. The molecule has 1 saturated carbocycles. The standard InChI is InChI=1S/C32H32F2N4O/c1-19-15-24(33)7-8-25(19)27-16-21(18-37-13-12-36(3)32(37)35)17-28-26(27)10-11-38(31(28)39)30(22-4-5-22)23-6-9-29(34)20(2)14-23/h6-9,12-17,22,30,35H,4-5,10-11,18H2,1-3H3/t30-/m0/s1. The average Bonchev–Trinajstić information content (AvgIpc) is 3.69. The second-order valence-electron chi connectivity index (χ2n) is 11.0. The van der Waals surface area contributed by atoms with Crippen molar-refractivity contribution in [3.63, 3.8) is 0 Å². The molecule has 7 heteroatoms. The van der Waals surface area contributed by atoms with Gasteiger partial charge < -0.3 is 14.0 Å². The lowest BCUT2D eigenvalue weighted by Gasteiger charge is -2.37. The van der Waals surface area contributed by atoms with Gasteiger partial charge in [0.15, 0.2) is 0 Å². The van der Waals surface area contributed by atoms with E-state index in [0.717, 1.165) is 46.2 Å². The summed E-state index contributed by atoms with van der Waals surface area (Å²) < 4.78 is 31.7. The molecular formula is C32H32F2N4O. The molecule has 6 rings (SSSR count). The van der Waals surface area contributed by atoms with Gasteiger partial charge in [0.2, 0.25) is 5.62 Å². The Balaban J connectivity index is 1.46. The van der Waals surface area contributed by atoms with Crippen molar-refractivity contribution >= 4 is 5.91 Å². The van der Waals surface area contributed by atoms with E-state index in [9.17, 15) is 13.6 Å². The van der Waals surface area contributed by atoms with Gasteiger partial charge in [-0.3, -0.25) is 10.2 Å². The van der Waals surface area contributed by atoms with Gasteiger partial charge in [0.1, 0.15) is 11.6 Å². The minimum Gasteiger partial charge on any atom is -0.331 e. The van der Waals surface area contributed by atoms with Crippen LogP contribution in [-0.2, 0) is 20.0 Å². The molecule has 0 saturated heterocycles. The largest absolute Gasteiger partial charge is 0.331 e. The average molecular weight is 527 g/mol. The molecule has 1 N–H and O–H groups in total. The number of nitrogens with one attached hydrogen (secondary N) is 1. The second kappa shape index (κ2) is 9.63. The summed E-state index contributed by atoms with van der Waals surface area (Å²) in [5.74, 6) is -0.181. The predicted molar refractivity (Wildman–Crippen MR) is 146 cm³/mol. The fraction of sp³-hybridized carbons (Fsp3) is 0.312. The minimum atomic E-state index is -0.288. The molecule has 1 atom stereocenters. The van der Waals surface area contributed by atoms with Gasteiger partial charge in [-0.15, -0.1) is 0 Å². The molecule has 39 heavy (non-hydrogen) atoms. The van der Waals surface area contributed by atoms with Gasteiger partial charge in [0.25, 0.3) is 5.91 Å². The number of hydrogen-bond donors (Lipinski definition) is 1. The molecule has 1 aromatic heterocycles. The highest BCUT2D eigenvalue weighted by molar-refractivity contribution is 5.99. The SMILES string of the molecule is Cc1cc([C@H](C2CC2)N2CCc3c(cc(Cn4ccn(C)c4=N)cc3-c3ccc(F)cc3C)C2=O)ccc1F. The van der Waals surface area contributed by atoms with E-state index in [1.807, 2.05) is 54.0 Å². The maximum Gasteiger partial charge on any atom is 0.254 e. The smallest absolute Gasteiger partial charge is 0.254 e. The quantitative estimate of drug-likeness (QED) is 0.326. The predicted octanol–water partition coefficient (Wildman–Crippen LogP) is 6.07. The number of aromatic nitrogens is 2. The van der Waals surface area contributed by atoms with Crippen LogP contribution in [0.25, 0.3) is 11.1 Å². The van der Waals surface area contributed by atoms with Crippen LogP contribution >= 0.6 is 0 Å². The fourth-order valence-corrected chi connectivity index (χ4v) is 6.03. The molecule has 1 fully saturated rings. The van der Waals surface area contributed by atoms with E-state index in [0.29, 0.717) is 42.2 Å². The normalized spacial score (nSPS) is 15.9. The molecule has 0 spiro atoms. The zero-order valence-electron chi connectivity index (χ0n) is 22.5. The Morgan fingerprint density at radius 3 is 2.38 bits per heavy atom. The molecule has 1 aliphatic heterocycles. The van der Waals surface area contributed by atoms with E-state index in [4.69, 9.17) is 5.41 Å². The Bertz CT molecular complexity index is 1660. The second-order valence-corrected chi connectivity index (χ2v) is 11.0. The van der Waals surface area contributed by atoms with Crippen LogP contribution in [0.1, 0.15) is 57.1 Å². The lowest BCUT2D eigenvalue weighted by atomic mass is 9.85. The van der Waals surface area contributed by atoms with Crippen LogP contribution in [0.2, 0.25) is 0 Å². The molecule has 4 aromatic rings. The number of aryl methyl sites for hydroxylation is 3. The molecule has 1 aliphatic carbocycles. The monoisotopic (exact) mass is 526 g/mol. The highest BCUT2D eigenvalue weighted by Crippen LogP contribution is 2.47. The Morgan fingerprint density at radius 2 is 1.72 bits per heavy atom. The first-order valence-corrected chi connectivity index (χ1v) is 13.5. The summed E-state index contributed by atoms with van der Waals surface area (Å²) in [7, 11) is 1.83. The van der Waals surface area contributed by atoms with E-state index < -0.39 is 0 Å². The van der Waals surface area contributed by atoms with E-state index in [2.05, 4.69) is 6.07 Å². The molecule has 1 amide bonds. The zero-order chi connectivity index (χ0) is 27.4. The van der Waals surface area contributed by atoms with E-state index in [-0.39, 0.29) is 23.6 Å². The van der Waals surface area contributed by atoms with E-state index >= 15 is 0 Å². The van der Waals surface area contributed by atoms with Gasteiger partial charge in [0.05, 0.1) is 12.6 Å². The molecule has 5 nitrogen and oxygen atoms in total.